The number of nitrogens with two attached hydrogens (primary N) is 1. The maximum absolute atomic E-state index is 5.51. The molecule has 14 heavy (non-hydrogen) atoms. The van der Waals surface area contributed by atoms with Crippen molar-refractivity contribution in [1.82, 2.24) is 0 Å². The first-order valence-corrected chi connectivity index (χ1v) is 6.14. The first-order valence-electron chi connectivity index (χ1n) is 5.09. The molecule has 0 bridgehead atoms. The molecule has 0 aliphatic carbocycles. The van der Waals surface area contributed by atoms with Gasteiger partial charge in [-0.1, -0.05) is 36.8 Å². The zero-order valence-corrected chi connectivity index (χ0v) is 9.81. The molecule has 0 fully saturated rings. The number of benzene rings is 1. The van der Waals surface area contributed by atoms with Gasteiger partial charge in [-0.05, 0) is 25.5 Å². The first-order chi connectivity index (χ1) is 6.72. The lowest BCUT2D eigenvalue weighted by Gasteiger charge is -2.09. The number of aryl methyl sites for hydroxylation is 1. The second kappa shape index (κ2) is 6.10. The molecule has 1 nitrogen and oxygen atoms in total. The van der Waals surface area contributed by atoms with Gasteiger partial charge in [0.2, 0.25) is 0 Å². The molecule has 0 heterocycles. The van der Waals surface area contributed by atoms with Crippen molar-refractivity contribution in [2.24, 2.45) is 5.73 Å². The highest BCUT2D eigenvalue weighted by molar-refractivity contribution is 7.99. The van der Waals surface area contributed by atoms with E-state index in [1.807, 2.05) is 11.8 Å². The monoisotopic (exact) mass is 209 g/mol. The summed E-state index contributed by atoms with van der Waals surface area (Å²) >= 11 is 1.98. The lowest BCUT2D eigenvalue weighted by Crippen LogP contribution is -2.07. The van der Waals surface area contributed by atoms with Crippen LogP contribution in [0.1, 0.15) is 24.5 Å². The van der Waals surface area contributed by atoms with Crippen LogP contribution in [-0.4, -0.2) is 11.8 Å². The van der Waals surface area contributed by atoms with Gasteiger partial charge in [0, 0.05) is 11.0 Å². The van der Waals surface area contributed by atoms with Crippen LogP contribution in [0, 0.1) is 6.92 Å². The standard InChI is InChI=1S/C12H19NS/c1-10-4-3-5-12(8-10)9-14-11(2)6-7-13/h3-5,8,11H,6-7,9,13H2,1-2H3. The molecule has 0 radical (unpaired) electrons. The molecule has 2 N–H and O–H groups in total. The summed E-state index contributed by atoms with van der Waals surface area (Å²) in [6.45, 7) is 5.17. The molecule has 1 unspecified atom stereocenters. The Morgan fingerprint density at radius 1 is 1.43 bits per heavy atom. The van der Waals surface area contributed by atoms with E-state index in [1.165, 1.54) is 11.1 Å². The summed E-state index contributed by atoms with van der Waals surface area (Å²) in [5, 5.41) is 0.667. The first kappa shape index (κ1) is 11.6. The smallest absolute Gasteiger partial charge is 0.0187 e. The Hall–Kier alpha value is -0.470. The van der Waals surface area contributed by atoms with Gasteiger partial charge in [-0.15, -0.1) is 0 Å². The summed E-state index contributed by atoms with van der Waals surface area (Å²) in [5.41, 5.74) is 8.27. The normalized spacial score (nSPS) is 12.8. The predicted octanol–water partition coefficient (Wildman–Crippen LogP) is 2.97. The van der Waals surface area contributed by atoms with Crippen LogP contribution in [0.25, 0.3) is 0 Å². The van der Waals surface area contributed by atoms with Crippen LogP contribution < -0.4 is 5.73 Å². The third kappa shape index (κ3) is 4.16. The van der Waals surface area contributed by atoms with Gasteiger partial charge in [-0.3, -0.25) is 0 Å². The van der Waals surface area contributed by atoms with Crippen molar-refractivity contribution in [2.75, 3.05) is 6.54 Å². The van der Waals surface area contributed by atoms with Crippen molar-refractivity contribution >= 4 is 11.8 Å². The van der Waals surface area contributed by atoms with E-state index in [9.17, 15) is 0 Å². The Balaban J connectivity index is 2.37. The lowest BCUT2D eigenvalue weighted by molar-refractivity contribution is 0.823. The quantitative estimate of drug-likeness (QED) is 0.807. The van der Waals surface area contributed by atoms with Gasteiger partial charge in [0.25, 0.3) is 0 Å². The molecule has 0 saturated heterocycles. The van der Waals surface area contributed by atoms with E-state index in [4.69, 9.17) is 5.73 Å². The predicted molar refractivity (Wildman–Crippen MR) is 65.6 cm³/mol. The highest BCUT2D eigenvalue weighted by Crippen LogP contribution is 2.19. The van der Waals surface area contributed by atoms with Crippen LogP contribution in [0.15, 0.2) is 24.3 Å². The summed E-state index contributed by atoms with van der Waals surface area (Å²) in [4.78, 5) is 0. The van der Waals surface area contributed by atoms with Gasteiger partial charge >= 0.3 is 0 Å². The van der Waals surface area contributed by atoms with Crippen molar-refractivity contribution in [3.05, 3.63) is 35.4 Å². The van der Waals surface area contributed by atoms with Crippen LogP contribution in [0.5, 0.6) is 0 Å². The summed E-state index contributed by atoms with van der Waals surface area (Å²) < 4.78 is 0. The average Bonchev–Trinajstić information content (AvgIpc) is 2.15. The van der Waals surface area contributed by atoms with E-state index in [2.05, 4.69) is 38.1 Å². The third-order valence-corrected chi connectivity index (χ3v) is 3.49. The topological polar surface area (TPSA) is 26.0 Å². The highest BCUT2D eigenvalue weighted by atomic mass is 32.2. The van der Waals surface area contributed by atoms with Crippen LogP contribution in [0.3, 0.4) is 0 Å². The molecule has 0 saturated carbocycles. The molecule has 2 heteroatoms. The number of thioether (sulfide) groups is 1. The Labute approximate surface area is 91.1 Å². The van der Waals surface area contributed by atoms with Crippen LogP contribution in [0.2, 0.25) is 0 Å². The fraction of sp³-hybridized carbons (Fsp3) is 0.500. The van der Waals surface area contributed by atoms with E-state index < -0.39 is 0 Å². The van der Waals surface area contributed by atoms with Gasteiger partial charge in [0.1, 0.15) is 0 Å². The minimum atomic E-state index is 0.667. The Kier molecular flexibility index (Phi) is 5.05. The molecule has 0 spiro atoms. The van der Waals surface area contributed by atoms with Crippen molar-refractivity contribution in [2.45, 2.75) is 31.3 Å². The Morgan fingerprint density at radius 2 is 2.21 bits per heavy atom. The molecule has 0 aromatic heterocycles. The number of hydrogen-bond acceptors (Lipinski definition) is 2. The number of hydrogen-bond donors (Lipinski definition) is 1. The molecule has 78 valence electrons. The average molecular weight is 209 g/mol. The van der Waals surface area contributed by atoms with Crippen LogP contribution in [0.4, 0.5) is 0 Å². The summed E-state index contributed by atoms with van der Waals surface area (Å²) in [7, 11) is 0. The SMILES string of the molecule is Cc1cccc(CSC(C)CCN)c1. The minimum absolute atomic E-state index is 0.667. The molecular weight excluding hydrogens is 190 g/mol. The van der Waals surface area contributed by atoms with E-state index in [-0.39, 0.29) is 0 Å². The van der Waals surface area contributed by atoms with Crippen molar-refractivity contribution < 1.29 is 0 Å². The van der Waals surface area contributed by atoms with Crippen molar-refractivity contribution in [3.63, 3.8) is 0 Å². The van der Waals surface area contributed by atoms with E-state index >= 15 is 0 Å². The molecule has 0 aliphatic heterocycles. The molecule has 1 atom stereocenters. The van der Waals surface area contributed by atoms with Crippen molar-refractivity contribution in [1.29, 1.82) is 0 Å². The summed E-state index contributed by atoms with van der Waals surface area (Å²) in [6.07, 6.45) is 1.11. The van der Waals surface area contributed by atoms with Crippen LogP contribution >= 0.6 is 11.8 Å². The molecule has 1 rings (SSSR count). The Morgan fingerprint density at radius 3 is 2.86 bits per heavy atom. The van der Waals surface area contributed by atoms with Gasteiger partial charge in [-0.25, -0.2) is 0 Å². The summed E-state index contributed by atoms with van der Waals surface area (Å²) in [6, 6.07) is 8.70. The van der Waals surface area contributed by atoms with Crippen molar-refractivity contribution in [3.8, 4) is 0 Å². The highest BCUT2D eigenvalue weighted by Gasteiger charge is 2.01. The minimum Gasteiger partial charge on any atom is -0.330 e. The second-order valence-corrected chi connectivity index (χ2v) is 5.11. The molecule has 0 aliphatic rings. The fourth-order valence-corrected chi connectivity index (χ4v) is 2.32. The maximum Gasteiger partial charge on any atom is 0.0187 e. The van der Waals surface area contributed by atoms with E-state index in [1.54, 1.807) is 0 Å². The van der Waals surface area contributed by atoms with Gasteiger partial charge < -0.3 is 5.73 Å². The maximum atomic E-state index is 5.51. The van der Waals surface area contributed by atoms with Crippen LogP contribution in [-0.2, 0) is 5.75 Å². The van der Waals surface area contributed by atoms with E-state index in [0.717, 1.165) is 18.7 Å². The zero-order valence-electron chi connectivity index (χ0n) is 8.99. The van der Waals surface area contributed by atoms with Gasteiger partial charge in [-0.2, -0.15) is 11.8 Å². The molecule has 1 aromatic carbocycles. The zero-order chi connectivity index (χ0) is 10.4. The van der Waals surface area contributed by atoms with Gasteiger partial charge in [0.15, 0.2) is 0 Å². The Bertz CT molecular complexity index is 273. The number of rotatable bonds is 5. The van der Waals surface area contributed by atoms with E-state index in [0.29, 0.717) is 5.25 Å². The lowest BCUT2D eigenvalue weighted by atomic mass is 10.2. The second-order valence-electron chi connectivity index (χ2n) is 3.69. The summed E-state index contributed by atoms with van der Waals surface area (Å²) in [5.74, 6) is 1.10. The van der Waals surface area contributed by atoms with Gasteiger partial charge in [0.05, 0.1) is 0 Å². The molecule has 0 amide bonds. The largest absolute Gasteiger partial charge is 0.330 e. The third-order valence-electron chi connectivity index (χ3n) is 2.19. The molecule has 1 aromatic rings. The molecular formula is C12H19NS. The fourth-order valence-electron chi connectivity index (χ4n) is 1.36.